The van der Waals surface area contributed by atoms with Crippen molar-refractivity contribution in [1.82, 2.24) is 4.98 Å². The molecule has 0 fully saturated rings. The van der Waals surface area contributed by atoms with E-state index in [4.69, 9.17) is 9.47 Å². The van der Waals surface area contributed by atoms with Crippen LogP contribution in [0.3, 0.4) is 0 Å². The fourth-order valence-electron chi connectivity index (χ4n) is 3.60. The predicted molar refractivity (Wildman–Crippen MR) is 135 cm³/mol. The van der Waals surface area contributed by atoms with Gasteiger partial charge in [-0.15, -0.1) is 0 Å². The van der Waals surface area contributed by atoms with E-state index in [9.17, 15) is 15.0 Å². The van der Waals surface area contributed by atoms with E-state index in [1.165, 1.54) is 6.21 Å². The molecule has 2 aromatic carbocycles. The van der Waals surface area contributed by atoms with Gasteiger partial charge in [0.25, 0.3) is 5.56 Å². The standard InChI is InChI=1S/C26H25BrN2O5/c27-20-6-7-21-22(14-20)23(25(31)29-24(21)30)16-28-15-18-8-10-26(32,11-9-18)34-13-12-33-17-19-4-2-1-3-5-19/h1-10,14,16,32H,11-13,15,17H2,(H2,29,30,31). The highest BCUT2D eigenvalue weighted by atomic mass is 79.9. The number of pyridine rings is 1. The zero-order chi connectivity index (χ0) is 24.0. The summed E-state index contributed by atoms with van der Waals surface area (Å²) in [6.45, 7) is 1.49. The Hall–Kier alpha value is -3.04. The summed E-state index contributed by atoms with van der Waals surface area (Å²) in [6.07, 6.45) is 7.08. The van der Waals surface area contributed by atoms with Crippen molar-refractivity contribution in [3.8, 4) is 5.88 Å². The largest absolute Gasteiger partial charge is 0.494 e. The lowest BCUT2D eigenvalue weighted by atomic mass is 10.0. The number of nitrogens with one attached hydrogen (secondary N) is 1. The Labute approximate surface area is 205 Å². The molecule has 8 heteroatoms. The van der Waals surface area contributed by atoms with E-state index in [-0.39, 0.29) is 18.0 Å². The van der Waals surface area contributed by atoms with Gasteiger partial charge in [0.15, 0.2) is 5.79 Å². The van der Waals surface area contributed by atoms with E-state index in [1.54, 1.807) is 30.4 Å². The number of fused-ring (bicyclic) bond motifs is 1. The number of hydrogen-bond acceptors (Lipinski definition) is 6. The molecule has 4 rings (SSSR count). The quantitative estimate of drug-likeness (QED) is 0.221. The van der Waals surface area contributed by atoms with Gasteiger partial charge in [0.1, 0.15) is 0 Å². The number of nitrogens with zero attached hydrogens (tertiary/aromatic N) is 1. The van der Waals surface area contributed by atoms with Crippen molar-refractivity contribution in [3.63, 3.8) is 0 Å². The Morgan fingerprint density at radius 2 is 1.97 bits per heavy atom. The second-order valence-electron chi connectivity index (χ2n) is 7.92. The molecule has 1 atom stereocenters. The van der Waals surface area contributed by atoms with Gasteiger partial charge in [0.05, 0.1) is 31.9 Å². The van der Waals surface area contributed by atoms with Crippen LogP contribution in [0.1, 0.15) is 17.5 Å². The summed E-state index contributed by atoms with van der Waals surface area (Å²) in [5, 5.41) is 21.9. The first-order valence-corrected chi connectivity index (χ1v) is 11.6. The number of H-pyrrole nitrogens is 1. The molecule has 0 bridgehead atoms. The predicted octanol–water partition coefficient (Wildman–Crippen LogP) is 4.22. The third kappa shape index (κ3) is 6.09. The number of aliphatic hydroxyl groups is 1. The van der Waals surface area contributed by atoms with E-state index in [1.807, 2.05) is 36.4 Å². The molecule has 7 nitrogen and oxygen atoms in total. The monoisotopic (exact) mass is 524 g/mol. The molecule has 0 saturated heterocycles. The summed E-state index contributed by atoms with van der Waals surface area (Å²) in [5.74, 6) is -1.60. The van der Waals surface area contributed by atoms with Gasteiger partial charge in [0, 0.05) is 27.9 Å². The van der Waals surface area contributed by atoms with E-state index < -0.39 is 5.79 Å². The van der Waals surface area contributed by atoms with Crippen LogP contribution in [0, 0.1) is 0 Å². The molecule has 1 aliphatic rings. The second kappa shape index (κ2) is 10.9. The fraction of sp³-hybridized carbons (Fsp3) is 0.231. The zero-order valence-electron chi connectivity index (χ0n) is 18.4. The van der Waals surface area contributed by atoms with Gasteiger partial charge in [-0.25, -0.2) is 0 Å². The van der Waals surface area contributed by atoms with Crippen LogP contribution < -0.4 is 5.56 Å². The lowest BCUT2D eigenvalue weighted by Crippen LogP contribution is -2.32. The smallest absolute Gasteiger partial charge is 0.258 e. The lowest BCUT2D eigenvalue weighted by molar-refractivity contribution is -0.173. The highest BCUT2D eigenvalue weighted by Gasteiger charge is 2.25. The average molecular weight is 525 g/mol. The number of benzene rings is 2. The second-order valence-corrected chi connectivity index (χ2v) is 8.84. The number of aromatic nitrogens is 1. The maximum Gasteiger partial charge on any atom is 0.258 e. The minimum atomic E-state index is -1.37. The van der Waals surface area contributed by atoms with Crippen molar-refractivity contribution in [2.45, 2.75) is 18.8 Å². The number of aromatic amines is 1. The zero-order valence-corrected chi connectivity index (χ0v) is 20.0. The first-order valence-electron chi connectivity index (χ1n) is 10.8. The molecular weight excluding hydrogens is 500 g/mol. The van der Waals surface area contributed by atoms with Crippen LogP contribution in [0.5, 0.6) is 5.88 Å². The van der Waals surface area contributed by atoms with Crippen LogP contribution in [0.2, 0.25) is 0 Å². The minimum Gasteiger partial charge on any atom is -0.494 e. The Balaban J connectivity index is 1.29. The van der Waals surface area contributed by atoms with Gasteiger partial charge in [-0.05, 0) is 35.4 Å². The van der Waals surface area contributed by atoms with Crippen molar-refractivity contribution < 1.29 is 19.7 Å². The van der Waals surface area contributed by atoms with Crippen molar-refractivity contribution >= 4 is 32.9 Å². The van der Waals surface area contributed by atoms with Crippen molar-refractivity contribution in [2.75, 3.05) is 19.8 Å². The molecule has 0 spiro atoms. The molecule has 1 aromatic heterocycles. The van der Waals surface area contributed by atoms with E-state index in [0.717, 1.165) is 15.6 Å². The van der Waals surface area contributed by atoms with Gasteiger partial charge in [-0.1, -0.05) is 58.4 Å². The summed E-state index contributed by atoms with van der Waals surface area (Å²) >= 11 is 3.39. The Morgan fingerprint density at radius 1 is 1.15 bits per heavy atom. The van der Waals surface area contributed by atoms with E-state index in [2.05, 4.69) is 25.9 Å². The summed E-state index contributed by atoms with van der Waals surface area (Å²) < 4.78 is 12.0. The molecule has 0 aliphatic heterocycles. The molecule has 1 heterocycles. The third-order valence-electron chi connectivity index (χ3n) is 5.40. The van der Waals surface area contributed by atoms with Crippen LogP contribution in [-0.2, 0) is 16.1 Å². The fourth-order valence-corrected chi connectivity index (χ4v) is 3.96. The van der Waals surface area contributed by atoms with E-state index >= 15 is 0 Å². The van der Waals surface area contributed by atoms with Crippen LogP contribution in [-0.4, -0.2) is 47.0 Å². The molecule has 34 heavy (non-hydrogen) atoms. The Morgan fingerprint density at radius 3 is 2.74 bits per heavy atom. The number of aromatic hydroxyl groups is 1. The van der Waals surface area contributed by atoms with E-state index in [0.29, 0.717) is 42.5 Å². The van der Waals surface area contributed by atoms with Gasteiger partial charge < -0.3 is 19.7 Å². The SMILES string of the molecule is O=c1[nH]c(O)c(C=NCC2=CCC(O)(OCCOCc3ccccc3)C=C2)c2cc(Br)ccc12. The third-order valence-corrected chi connectivity index (χ3v) is 5.90. The highest BCUT2D eigenvalue weighted by Crippen LogP contribution is 2.25. The highest BCUT2D eigenvalue weighted by molar-refractivity contribution is 9.10. The normalized spacial score (nSPS) is 18.0. The van der Waals surface area contributed by atoms with Crippen LogP contribution >= 0.6 is 15.9 Å². The molecule has 0 amide bonds. The number of ether oxygens (including phenoxy) is 2. The van der Waals surface area contributed by atoms with Crippen LogP contribution in [0.25, 0.3) is 10.8 Å². The molecule has 1 aliphatic carbocycles. The van der Waals surface area contributed by atoms with Crippen LogP contribution in [0.15, 0.2) is 86.6 Å². The lowest BCUT2D eigenvalue weighted by Gasteiger charge is -2.26. The van der Waals surface area contributed by atoms with Crippen molar-refractivity contribution in [2.24, 2.45) is 4.99 Å². The molecule has 1 unspecified atom stereocenters. The van der Waals surface area contributed by atoms with Crippen molar-refractivity contribution in [1.29, 1.82) is 0 Å². The maximum atomic E-state index is 12.1. The number of hydrogen-bond donors (Lipinski definition) is 3. The molecule has 176 valence electrons. The summed E-state index contributed by atoms with van der Waals surface area (Å²) in [4.78, 5) is 18.9. The number of rotatable bonds is 9. The Kier molecular flexibility index (Phi) is 7.74. The molecular formula is C26H25BrN2O5. The summed E-state index contributed by atoms with van der Waals surface area (Å²) in [7, 11) is 0. The Bertz CT molecular complexity index is 1300. The summed E-state index contributed by atoms with van der Waals surface area (Å²) in [6, 6.07) is 15.1. The van der Waals surface area contributed by atoms with Crippen molar-refractivity contribution in [3.05, 3.63) is 98.3 Å². The first kappa shape index (κ1) is 24.1. The molecule has 3 N–H and O–H groups in total. The molecule has 0 radical (unpaired) electrons. The summed E-state index contributed by atoms with van der Waals surface area (Å²) in [5.41, 5.74) is 2.06. The van der Waals surface area contributed by atoms with Gasteiger partial charge in [-0.3, -0.25) is 14.8 Å². The topological polar surface area (TPSA) is 104 Å². The number of aliphatic imine (C=N–C) groups is 1. The molecule has 0 saturated carbocycles. The number of halogens is 1. The first-order chi connectivity index (χ1) is 16.4. The van der Waals surface area contributed by atoms with Gasteiger partial charge >= 0.3 is 0 Å². The van der Waals surface area contributed by atoms with Crippen LogP contribution in [0.4, 0.5) is 0 Å². The molecule has 3 aromatic rings. The minimum absolute atomic E-state index is 0.232. The average Bonchev–Trinajstić information content (AvgIpc) is 2.83. The maximum absolute atomic E-state index is 12.1. The van der Waals surface area contributed by atoms with Gasteiger partial charge in [0.2, 0.25) is 5.88 Å². The van der Waals surface area contributed by atoms with Gasteiger partial charge in [-0.2, -0.15) is 0 Å².